The third kappa shape index (κ3) is 4.35. The molecule has 1 heterocycles. The Bertz CT molecular complexity index is 702. The molecule has 1 aromatic heterocycles. The number of hydrogen-bond donors (Lipinski definition) is 0. The van der Waals surface area contributed by atoms with Gasteiger partial charge in [0, 0.05) is 17.5 Å². The van der Waals surface area contributed by atoms with Gasteiger partial charge < -0.3 is 9.64 Å². The molecule has 122 valence electrons. The number of rotatable bonds is 6. The molecule has 23 heavy (non-hydrogen) atoms. The summed E-state index contributed by atoms with van der Waals surface area (Å²) in [5, 5.41) is 2.22. The Morgan fingerprint density at radius 1 is 1.39 bits per heavy atom. The normalized spacial score (nSPS) is 10.4. The molecule has 0 unspecified atom stereocenters. The number of hydrogen-bond acceptors (Lipinski definition) is 5. The Labute approximate surface area is 137 Å². The smallest absolute Gasteiger partial charge is 0.357 e. The van der Waals surface area contributed by atoms with Crippen LogP contribution in [0, 0.1) is 5.82 Å². The van der Waals surface area contributed by atoms with E-state index in [0.29, 0.717) is 17.1 Å². The minimum absolute atomic E-state index is 0.224. The largest absolute Gasteiger partial charge is 0.464 e. The Morgan fingerprint density at radius 2 is 2.17 bits per heavy atom. The maximum absolute atomic E-state index is 13.3. The minimum atomic E-state index is -0.508. The molecule has 0 radical (unpaired) electrons. The fourth-order valence-electron chi connectivity index (χ4n) is 2.07. The average Bonchev–Trinajstić information content (AvgIpc) is 3.01. The molecule has 1 aromatic carbocycles. The lowest BCUT2D eigenvalue weighted by atomic mass is 10.2. The van der Waals surface area contributed by atoms with E-state index in [1.54, 1.807) is 16.3 Å². The van der Waals surface area contributed by atoms with Crippen LogP contribution in [0.5, 0.6) is 0 Å². The van der Waals surface area contributed by atoms with Gasteiger partial charge in [0.25, 0.3) is 5.91 Å². The zero-order chi connectivity index (χ0) is 16.8. The first kappa shape index (κ1) is 17.1. The van der Waals surface area contributed by atoms with Crippen molar-refractivity contribution in [2.75, 3.05) is 13.7 Å². The predicted octanol–water partition coefficient (Wildman–Crippen LogP) is 3.12. The molecular weight excluding hydrogens is 319 g/mol. The van der Waals surface area contributed by atoms with Gasteiger partial charge in [-0.25, -0.2) is 14.2 Å². The van der Waals surface area contributed by atoms with Gasteiger partial charge in [0.05, 0.1) is 13.7 Å². The van der Waals surface area contributed by atoms with E-state index in [9.17, 15) is 14.0 Å². The van der Waals surface area contributed by atoms with Crippen LogP contribution in [0.3, 0.4) is 0 Å². The van der Waals surface area contributed by atoms with E-state index >= 15 is 0 Å². The summed E-state index contributed by atoms with van der Waals surface area (Å²) in [5.41, 5.74) is 0.519. The fourth-order valence-corrected chi connectivity index (χ4v) is 2.85. The Balaban J connectivity index is 2.16. The fraction of sp³-hybridized carbons (Fsp3) is 0.312. The second-order valence-corrected chi connectivity index (χ2v) is 5.80. The standard InChI is InChI=1S/C16H17FN2O3S/c1-3-7-19(15(20)11-5-4-6-12(17)8-11)9-14-18-13(10-23-14)16(21)22-2/h4-6,8,10H,3,7,9H2,1-2H3. The van der Waals surface area contributed by atoms with Crippen LogP contribution in [-0.2, 0) is 11.3 Å². The quantitative estimate of drug-likeness (QED) is 0.761. The molecule has 0 aliphatic heterocycles. The number of carbonyl (C=O) groups excluding carboxylic acids is 2. The summed E-state index contributed by atoms with van der Waals surface area (Å²) in [5.74, 6) is -1.22. The van der Waals surface area contributed by atoms with Crippen LogP contribution in [0.25, 0.3) is 0 Å². The second kappa shape index (κ2) is 7.82. The average molecular weight is 336 g/mol. The summed E-state index contributed by atoms with van der Waals surface area (Å²) in [6.45, 7) is 2.74. The first-order valence-corrected chi connectivity index (χ1v) is 8.00. The number of thiazole rings is 1. The van der Waals surface area contributed by atoms with E-state index in [2.05, 4.69) is 9.72 Å². The molecule has 0 aliphatic rings. The monoisotopic (exact) mass is 336 g/mol. The number of carbonyl (C=O) groups is 2. The molecule has 1 amide bonds. The van der Waals surface area contributed by atoms with Crippen molar-refractivity contribution < 1.29 is 18.7 Å². The highest BCUT2D eigenvalue weighted by Crippen LogP contribution is 2.16. The molecule has 0 spiro atoms. The molecular formula is C16H17FN2O3S. The van der Waals surface area contributed by atoms with E-state index in [1.807, 2.05) is 6.92 Å². The van der Waals surface area contributed by atoms with Crippen LogP contribution in [0.4, 0.5) is 4.39 Å². The summed E-state index contributed by atoms with van der Waals surface area (Å²) in [6, 6.07) is 5.60. The number of ether oxygens (including phenoxy) is 1. The first-order chi connectivity index (χ1) is 11.0. The summed E-state index contributed by atoms with van der Waals surface area (Å²) >= 11 is 1.28. The van der Waals surface area contributed by atoms with E-state index < -0.39 is 11.8 Å². The highest BCUT2D eigenvalue weighted by Gasteiger charge is 2.18. The lowest BCUT2D eigenvalue weighted by molar-refractivity contribution is 0.0594. The third-order valence-corrected chi connectivity index (χ3v) is 3.96. The van der Waals surface area contributed by atoms with Crippen molar-refractivity contribution in [1.82, 2.24) is 9.88 Å². The van der Waals surface area contributed by atoms with Gasteiger partial charge in [-0.3, -0.25) is 4.79 Å². The predicted molar refractivity (Wildman–Crippen MR) is 84.9 cm³/mol. The summed E-state index contributed by atoms with van der Waals surface area (Å²) in [6.07, 6.45) is 0.760. The van der Waals surface area contributed by atoms with E-state index in [-0.39, 0.29) is 18.1 Å². The highest BCUT2D eigenvalue weighted by atomic mass is 32.1. The van der Waals surface area contributed by atoms with Crippen LogP contribution < -0.4 is 0 Å². The maximum Gasteiger partial charge on any atom is 0.357 e. The molecule has 0 N–H and O–H groups in total. The van der Waals surface area contributed by atoms with Crippen molar-refractivity contribution in [1.29, 1.82) is 0 Å². The second-order valence-electron chi connectivity index (χ2n) is 4.86. The van der Waals surface area contributed by atoms with Gasteiger partial charge in [0.15, 0.2) is 5.69 Å². The number of esters is 1. The first-order valence-electron chi connectivity index (χ1n) is 7.12. The highest BCUT2D eigenvalue weighted by molar-refractivity contribution is 7.09. The summed E-state index contributed by atoms with van der Waals surface area (Å²) in [4.78, 5) is 29.7. The molecule has 0 bridgehead atoms. The number of halogens is 1. The van der Waals surface area contributed by atoms with E-state index in [0.717, 1.165) is 6.42 Å². The maximum atomic E-state index is 13.3. The lowest BCUT2D eigenvalue weighted by Gasteiger charge is -2.21. The topological polar surface area (TPSA) is 59.5 Å². The van der Waals surface area contributed by atoms with Gasteiger partial charge in [0.1, 0.15) is 10.8 Å². The molecule has 2 rings (SSSR count). The molecule has 7 heteroatoms. The SMILES string of the molecule is CCCN(Cc1nc(C(=O)OC)cs1)C(=O)c1cccc(F)c1. The summed E-state index contributed by atoms with van der Waals surface area (Å²) < 4.78 is 17.9. The zero-order valence-electron chi connectivity index (χ0n) is 12.9. The number of nitrogens with zero attached hydrogens (tertiary/aromatic N) is 2. The van der Waals surface area contributed by atoms with Crippen molar-refractivity contribution in [2.45, 2.75) is 19.9 Å². The van der Waals surface area contributed by atoms with E-state index in [1.165, 1.54) is 36.6 Å². The van der Waals surface area contributed by atoms with Crippen molar-refractivity contribution in [3.63, 3.8) is 0 Å². The van der Waals surface area contributed by atoms with Crippen LogP contribution >= 0.6 is 11.3 Å². The van der Waals surface area contributed by atoms with Crippen LogP contribution in [-0.4, -0.2) is 35.4 Å². The molecule has 5 nitrogen and oxygen atoms in total. The van der Waals surface area contributed by atoms with Gasteiger partial charge in [-0.05, 0) is 24.6 Å². The minimum Gasteiger partial charge on any atom is -0.464 e. The van der Waals surface area contributed by atoms with Crippen molar-refractivity contribution in [3.05, 3.63) is 51.7 Å². The number of benzene rings is 1. The van der Waals surface area contributed by atoms with Gasteiger partial charge in [-0.1, -0.05) is 13.0 Å². The Morgan fingerprint density at radius 3 is 2.83 bits per heavy atom. The Kier molecular flexibility index (Phi) is 5.81. The van der Waals surface area contributed by atoms with Crippen molar-refractivity contribution >= 4 is 23.2 Å². The van der Waals surface area contributed by atoms with Crippen molar-refractivity contribution in [3.8, 4) is 0 Å². The summed E-state index contributed by atoms with van der Waals surface area (Å²) in [7, 11) is 1.29. The zero-order valence-corrected chi connectivity index (χ0v) is 13.7. The van der Waals surface area contributed by atoms with Crippen LogP contribution in [0.1, 0.15) is 39.2 Å². The lowest BCUT2D eigenvalue weighted by Crippen LogP contribution is -2.31. The van der Waals surface area contributed by atoms with Gasteiger partial charge in [-0.15, -0.1) is 11.3 Å². The van der Waals surface area contributed by atoms with Crippen molar-refractivity contribution in [2.24, 2.45) is 0 Å². The molecule has 2 aromatic rings. The van der Waals surface area contributed by atoms with Gasteiger partial charge in [0.2, 0.25) is 0 Å². The van der Waals surface area contributed by atoms with E-state index in [4.69, 9.17) is 0 Å². The number of aromatic nitrogens is 1. The van der Waals surface area contributed by atoms with Crippen LogP contribution in [0.2, 0.25) is 0 Å². The number of methoxy groups -OCH3 is 1. The molecule has 0 saturated heterocycles. The molecule has 0 atom stereocenters. The number of amides is 1. The molecule has 0 aliphatic carbocycles. The van der Waals surface area contributed by atoms with Gasteiger partial charge in [-0.2, -0.15) is 0 Å². The molecule has 0 fully saturated rings. The molecule has 0 saturated carbocycles. The van der Waals surface area contributed by atoms with Crippen LogP contribution in [0.15, 0.2) is 29.6 Å². The van der Waals surface area contributed by atoms with Gasteiger partial charge >= 0.3 is 5.97 Å². The Hall–Kier alpha value is -2.28. The third-order valence-electron chi connectivity index (χ3n) is 3.12.